The molecule has 2 aromatic rings. The Bertz CT molecular complexity index is 389. The van der Waals surface area contributed by atoms with Gasteiger partial charge in [0, 0.05) is 31.2 Å². The lowest BCUT2D eigenvalue weighted by Gasteiger charge is -1.92. The second kappa shape index (κ2) is 3.45. The number of rotatable bonds is 1. The van der Waals surface area contributed by atoms with E-state index in [0.29, 0.717) is 0 Å². The first kappa shape index (κ1) is 8.68. The van der Waals surface area contributed by atoms with Gasteiger partial charge in [0.25, 0.3) is 0 Å². The molecule has 0 aromatic carbocycles. The number of halogens is 1. The van der Waals surface area contributed by atoms with Gasteiger partial charge in [0.2, 0.25) is 0 Å². The molecule has 0 saturated carbocycles. The Labute approximate surface area is 90.0 Å². The molecule has 0 amide bonds. The van der Waals surface area contributed by atoms with Crippen molar-refractivity contribution in [1.29, 1.82) is 0 Å². The molecule has 0 aliphatic rings. The average Bonchev–Trinajstić information content (AvgIpc) is 2.49. The van der Waals surface area contributed by atoms with E-state index in [9.17, 15) is 0 Å². The van der Waals surface area contributed by atoms with Crippen LogP contribution < -0.4 is 0 Å². The third kappa shape index (κ3) is 1.72. The van der Waals surface area contributed by atoms with Crippen LogP contribution in [0.4, 0.5) is 0 Å². The minimum absolute atomic E-state index is 0.972. The van der Waals surface area contributed by atoms with Gasteiger partial charge in [-0.2, -0.15) is 0 Å². The van der Waals surface area contributed by atoms with Crippen molar-refractivity contribution in [2.75, 3.05) is 0 Å². The van der Waals surface area contributed by atoms with E-state index >= 15 is 0 Å². The second-order valence-electron chi connectivity index (χ2n) is 2.75. The fourth-order valence-electron chi connectivity index (χ4n) is 1.10. The van der Waals surface area contributed by atoms with Crippen LogP contribution in [0.3, 0.4) is 0 Å². The molecule has 0 aliphatic carbocycles. The van der Waals surface area contributed by atoms with Crippen molar-refractivity contribution in [2.45, 2.75) is 0 Å². The van der Waals surface area contributed by atoms with E-state index in [-0.39, 0.29) is 0 Å². The SMILES string of the molecule is Cn1cc(-c2cccnc2)nc1I. The van der Waals surface area contributed by atoms with Crippen LogP contribution in [0.5, 0.6) is 0 Å². The maximum Gasteiger partial charge on any atom is 0.171 e. The number of aryl methyl sites for hydroxylation is 1. The summed E-state index contributed by atoms with van der Waals surface area (Å²) in [6, 6.07) is 3.92. The van der Waals surface area contributed by atoms with Crippen LogP contribution in [-0.4, -0.2) is 14.5 Å². The number of aromatic nitrogens is 3. The number of hydrogen-bond donors (Lipinski definition) is 0. The molecular weight excluding hydrogens is 277 g/mol. The molecule has 0 N–H and O–H groups in total. The van der Waals surface area contributed by atoms with Gasteiger partial charge in [-0.3, -0.25) is 4.98 Å². The van der Waals surface area contributed by atoms with Gasteiger partial charge < -0.3 is 4.57 Å². The quantitative estimate of drug-likeness (QED) is 0.751. The van der Waals surface area contributed by atoms with Crippen LogP contribution in [0, 0.1) is 3.83 Å². The van der Waals surface area contributed by atoms with E-state index in [0.717, 1.165) is 15.1 Å². The van der Waals surface area contributed by atoms with E-state index in [1.807, 2.05) is 36.1 Å². The van der Waals surface area contributed by atoms with Crippen molar-refractivity contribution >= 4 is 22.6 Å². The largest absolute Gasteiger partial charge is 0.329 e. The lowest BCUT2D eigenvalue weighted by atomic mass is 10.2. The zero-order chi connectivity index (χ0) is 9.26. The molecule has 0 spiro atoms. The molecule has 0 unspecified atom stereocenters. The summed E-state index contributed by atoms with van der Waals surface area (Å²) in [5, 5.41) is 0. The van der Waals surface area contributed by atoms with Crippen LogP contribution in [0.25, 0.3) is 11.3 Å². The Balaban J connectivity index is 2.48. The molecule has 0 saturated heterocycles. The molecule has 0 atom stereocenters. The van der Waals surface area contributed by atoms with Crippen molar-refractivity contribution in [3.8, 4) is 11.3 Å². The summed E-state index contributed by atoms with van der Waals surface area (Å²) < 4.78 is 2.97. The number of pyridine rings is 1. The summed E-state index contributed by atoms with van der Waals surface area (Å²) in [5.74, 6) is 0. The van der Waals surface area contributed by atoms with Crippen LogP contribution in [-0.2, 0) is 7.05 Å². The molecule has 2 aromatic heterocycles. The Morgan fingerprint density at radius 3 is 2.85 bits per heavy atom. The van der Waals surface area contributed by atoms with Crippen LogP contribution in [0.1, 0.15) is 0 Å². The maximum atomic E-state index is 4.39. The van der Waals surface area contributed by atoms with Crippen molar-refractivity contribution in [3.05, 3.63) is 34.6 Å². The van der Waals surface area contributed by atoms with E-state index in [2.05, 4.69) is 32.6 Å². The summed E-state index contributed by atoms with van der Waals surface area (Å²) in [5.41, 5.74) is 2.03. The zero-order valence-corrected chi connectivity index (χ0v) is 9.26. The Morgan fingerprint density at radius 2 is 2.31 bits per heavy atom. The van der Waals surface area contributed by atoms with E-state index in [4.69, 9.17) is 0 Å². The molecule has 4 heteroatoms. The second-order valence-corrected chi connectivity index (χ2v) is 3.71. The summed E-state index contributed by atoms with van der Waals surface area (Å²) >= 11 is 2.20. The van der Waals surface area contributed by atoms with E-state index < -0.39 is 0 Å². The average molecular weight is 285 g/mol. The first-order valence-corrected chi connectivity index (χ1v) is 4.94. The first-order valence-electron chi connectivity index (χ1n) is 3.86. The fourth-order valence-corrected chi connectivity index (χ4v) is 1.50. The van der Waals surface area contributed by atoms with Crippen molar-refractivity contribution in [3.63, 3.8) is 0 Å². The third-order valence-corrected chi connectivity index (χ3v) is 2.78. The summed E-state index contributed by atoms with van der Waals surface area (Å²) in [6.45, 7) is 0. The normalized spacial score (nSPS) is 10.3. The topological polar surface area (TPSA) is 30.7 Å². The van der Waals surface area contributed by atoms with Crippen LogP contribution in [0.2, 0.25) is 0 Å². The van der Waals surface area contributed by atoms with Crippen molar-refractivity contribution < 1.29 is 0 Å². The molecular formula is C9H8IN3. The standard InChI is InChI=1S/C9H8IN3/c1-13-6-8(12-9(13)10)7-3-2-4-11-5-7/h2-6H,1H3. The highest BCUT2D eigenvalue weighted by Crippen LogP contribution is 2.17. The van der Waals surface area contributed by atoms with Crippen molar-refractivity contribution in [2.24, 2.45) is 7.05 Å². The number of nitrogens with zero attached hydrogens (tertiary/aromatic N) is 3. The Kier molecular flexibility index (Phi) is 2.30. The third-order valence-electron chi connectivity index (χ3n) is 1.78. The predicted octanol–water partition coefficient (Wildman–Crippen LogP) is 2.09. The van der Waals surface area contributed by atoms with E-state index in [1.165, 1.54) is 0 Å². The summed E-state index contributed by atoms with van der Waals surface area (Å²) in [7, 11) is 1.98. The molecule has 3 nitrogen and oxygen atoms in total. The number of imidazole rings is 1. The summed E-state index contributed by atoms with van der Waals surface area (Å²) in [4.78, 5) is 8.44. The zero-order valence-electron chi connectivity index (χ0n) is 7.11. The highest BCUT2D eigenvalue weighted by atomic mass is 127. The van der Waals surface area contributed by atoms with Gasteiger partial charge in [-0.1, -0.05) is 0 Å². The minimum Gasteiger partial charge on any atom is -0.329 e. The molecule has 2 heterocycles. The fraction of sp³-hybridized carbons (Fsp3) is 0.111. The summed E-state index contributed by atoms with van der Waals surface area (Å²) in [6.07, 6.45) is 5.58. The molecule has 13 heavy (non-hydrogen) atoms. The molecule has 0 aliphatic heterocycles. The van der Waals surface area contributed by atoms with E-state index in [1.54, 1.807) is 6.20 Å². The highest BCUT2D eigenvalue weighted by molar-refractivity contribution is 14.1. The van der Waals surface area contributed by atoms with Gasteiger partial charge in [0.05, 0.1) is 5.69 Å². The van der Waals surface area contributed by atoms with Gasteiger partial charge in [-0.05, 0) is 34.7 Å². The van der Waals surface area contributed by atoms with Gasteiger partial charge in [-0.15, -0.1) is 0 Å². The molecule has 0 bridgehead atoms. The van der Waals surface area contributed by atoms with Gasteiger partial charge >= 0.3 is 0 Å². The molecule has 2 rings (SSSR count). The first-order chi connectivity index (χ1) is 6.27. The lowest BCUT2D eigenvalue weighted by molar-refractivity contribution is 0.877. The molecule has 0 fully saturated rings. The van der Waals surface area contributed by atoms with Gasteiger partial charge in [0.1, 0.15) is 0 Å². The van der Waals surface area contributed by atoms with Gasteiger partial charge in [-0.25, -0.2) is 4.98 Å². The van der Waals surface area contributed by atoms with Crippen LogP contribution in [0.15, 0.2) is 30.7 Å². The van der Waals surface area contributed by atoms with Crippen molar-refractivity contribution in [1.82, 2.24) is 14.5 Å². The predicted molar refractivity (Wildman–Crippen MR) is 59.2 cm³/mol. The Morgan fingerprint density at radius 1 is 1.46 bits per heavy atom. The monoisotopic (exact) mass is 285 g/mol. The smallest absolute Gasteiger partial charge is 0.171 e. The highest BCUT2D eigenvalue weighted by Gasteiger charge is 2.03. The molecule has 66 valence electrons. The van der Waals surface area contributed by atoms with Crippen LogP contribution >= 0.6 is 22.6 Å². The minimum atomic E-state index is 0.972. The Hall–Kier alpha value is -0.910. The molecule has 0 radical (unpaired) electrons. The maximum absolute atomic E-state index is 4.39. The number of hydrogen-bond acceptors (Lipinski definition) is 2. The lowest BCUT2D eigenvalue weighted by Crippen LogP contribution is -1.86. The van der Waals surface area contributed by atoms with Gasteiger partial charge in [0.15, 0.2) is 3.83 Å².